The van der Waals surface area contributed by atoms with Gasteiger partial charge in [0, 0.05) is 19.2 Å². The van der Waals surface area contributed by atoms with E-state index < -0.39 is 0 Å². The number of hydrogen-bond acceptors (Lipinski definition) is 2. The molecule has 4 nitrogen and oxygen atoms in total. The molecule has 2 unspecified atom stereocenters. The number of nitrogens with one attached hydrogen (secondary N) is 1. The molecule has 0 bridgehead atoms. The van der Waals surface area contributed by atoms with E-state index in [9.17, 15) is 9.18 Å². The Balaban J connectivity index is 1.99. The summed E-state index contributed by atoms with van der Waals surface area (Å²) in [4.78, 5) is 14.1. The number of aliphatic hydroxyl groups is 1. The third-order valence-electron chi connectivity index (χ3n) is 3.91. The Hall–Kier alpha value is -1.62. The molecule has 1 aliphatic rings. The van der Waals surface area contributed by atoms with Crippen molar-refractivity contribution in [3.63, 3.8) is 0 Å². The van der Waals surface area contributed by atoms with Crippen LogP contribution in [-0.2, 0) is 0 Å². The van der Waals surface area contributed by atoms with Crippen LogP contribution in [-0.4, -0.2) is 35.2 Å². The lowest BCUT2D eigenvalue weighted by atomic mass is 10.0. The molecule has 0 aliphatic carbocycles. The van der Waals surface area contributed by atoms with Crippen molar-refractivity contribution in [3.05, 3.63) is 35.6 Å². The van der Waals surface area contributed by atoms with Gasteiger partial charge in [-0.05, 0) is 50.3 Å². The Labute approximate surface area is 125 Å². The summed E-state index contributed by atoms with van der Waals surface area (Å²) in [6.45, 7) is 2.76. The number of halogens is 1. The van der Waals surface area contributed by atoms with Crippen molar-refractivity contribution in [1.82, 2.24) is 10.2 Å². The zero-order valence-electron chi connectivity index (χ0n) is 12.4. The van der Waals surface area contributed by atoms with E-state index in [1.807, 2.05) is 13.0 Å². The first kappa shape index (κ1) is 15.8. The lowest BCUT2D eigenvalue weighted by Gasteiger charge is -2.27. The number of carbonyl (C=O) groups excluding carboxylic acids is 1. The van der Waals surface area contributed by atoms with Crippen molar-refractivity contribution in [2.75, 3.05) is 13.2 Å². The molecule has 1 heterocycles. The standard InChI is InChI=1S/C16H23FN2O2/c1-12(5-4-10-20)18-16(21)19-9-3-8-15(19)13-6-2-7-14(17)11-13/h2,6-7,11-12,15,20H,3-5,8-10H2,1H3,(H,18,21). The summed E-state index contributed by atoms with van der Waals surface area (Å²) < 4.78 is 13.4. The second-order valence-corrected chi connectivity index (χ2v) is 5.62. The molecule has 2 N–H and O–H groups in total. The van der Waals surface area contributed by atoms with Crippen molar-refractivity contribution < 1.29 is 14.3 Å². The van der Waals surface area contributed by atoms with Crippen LogP contribution in [0.2, 0.25) is 0 Å². The van der Waals surface area contributed by atoms with Crippen LogP contribution in [0.5, 0.6) is 0 Å². The van der Waals surface area contributed by atoms with Crippen molar-refractivity contribution in [1.29, 1.82) is 0 Å². The summed E-state index contributed by atoms with van der Waals surface area (Å²) in [6.07, 6.45) is 3.22. The van der Waals surface area contributed by atoms with Crippen LogP contribution in [0.4, 0.5) is 9.18 Å². The van der Waals surface area contributed by atoms with E-state index in [1.165, 1.54) is 12.1 Å². The number of carbonyl (C=O) groups is 1. The molecule has 116 valence electrons. The van der Waals surface area contributed by atoms with Crippen LogP contribution in [0.25, 0.3) is 0 Å². The van der Waals surface area contributed by atoms with Crippen LogP contribution >= 0.6 is 0 Å². The number of benzene rings is 1. The molecule has 2 atom stereocenters. The summed E-state index contributed by atoms with van der Waals surface area (Å²) in [5, 5.41) is 11.8. The molecular weight excluding hydrogens is 271 g/mol. The highest BCUT2D eigenvalue weighted by Gasteiger charge is 2.30. The van der Waals surface area contributed by atoms with E-state index in [4.69, 9.17) is 5.11 Å². The van der Waals surface area contributed by atoms with Crippen molar-refractivity contribution in [2.45, 2.75) is 44.7 Å². The number of likely N-dealkylation sites (tertiary alicyclic amines) is 1. The second kappa shape index (κ2) is 7.41. The number of rotatable bonds is 5. The molecule has 0 saturated carbocycles. The topological polar surface area (TPSA) is 52.6 Å². The van der Waals surface area contributed by atoms with Gasteiger partial charge >= 0.3 is 6.03 Å². The molecule has 2 rings (SSSR count). The molecule has 1 fully saturated rings. The smallest absolute Gasteiger partial charge is 0.318 e. The Morgan fingerprint density at radius 1 is 1.57 bits per heavy atom. The van der Waals surface area contributed by atoms with Gasteiger partial charge in [0.15, 0.2) is 0 Å². The van der Waals surface area contributed by atoms with Crippen LogP contribution < -0.4 is 5.32 Å². The molecule has 2 amide bonds. The Morgan fingerprint density at radius 3 is 3.10 bits per heavy atom. The van der Waals surface area contributed by atoms with E-state index in [-0.39, 0.29) is 30.5 Å². The third kappa shape index (κ3) is 4.17. The average Bonchev–Trinajstić information content (AvgIpc) is 2.94. The predicted molar refractivity (Wildman–Crippen MR) is 79.4 cm³/mol. The van der Waals surface area contributed by atoms with Gasteiger partial charge in [-0.1, -0.05) is 12.1 Å². The number of amides is 2. The van der Waals surface area contributed by atoms with E-state index in [0.29, 0.717) is 13.0 Å². The summed E-state index contributed by atoms with van der Waals surface area (Å²) in [6, 6.07) is 6.35. The van der Waals surface area contributed by atoms with Gasteiger partial charge in [0.25, 0.3) is 0 Å². The number of nitrogens with zero attached hydrogens (tertiary/aromatic N) is 1. The molecule has 21 heavy (non-hydrogen) atoms. The molecular formula is C16H23FN2O2. The maximum absolute atomic E-state index is 13.4. The zero-order chi connectivity index (χ0) is 15.2. The van der Waals surface area contributed by atoms with Crippen LogP contribution in [0.3, 0.4) is 0 Å². The lowest BCUT2D eigenvalue weighted by Crippen LogP contribution is -2.43. The minimum atomic E-state index is -0.268. The van der Waals surface area contributed by atoms with Gasteiger partial charge in [0.1, 0.15) is 5.82 Å². The molecule has 1 saturated heterocycles. The number of urea groups is 1. The summed E-state index contributed by atoms with van der Waals surface area (Å²) in [7, 11) is 0. The van der Waals surface area contributed by atoms with Crippen LogP contribution in [0.1, 0.15) is 44.2 Å². The highest BCUT2D eigenvalue weighted by molar-refractivity contribution is 5.75. The minimum absolute atomic E-state index is 0.0263. The molecule has 0 radical (unpaired) electrons. The van der Waals surface area contributed by atoms with Crippen molar-refractivity contribution in [3.8, 4) is 0 Å². The quantitative estimate of drug-likeness (QED) is 0.877. The van der Waals surface area contributed by atoms with Gasteiger partial charge in [-0.3, -0.25) is 0 Å². The first-order valence-electron chi connectivity index (χ1n) is 7.55. The summed E-state index contributed by atoms with van der Waals surface area (Å²) >= 11 is 0. The number of hydrogen-bond donors (Lipinski definition) is 2. The first-order valence-corrected chi connectivity index (χ1v) is 7.55. The Morgan fingerprint density at radius 2 is 2.38 bits per heavy atom. The maximum Gasteiger partial charge on any atom is 0.318 e. The fourth-order valence-corrected chi connectivity index (χ4v) is 2.83. The lowest BCUT2D eigenvalue weighted by molar-refractivity contribution is 0.187. The van der Waals surface area contributed by atoms with Crippen molar-refractivity contribution >= 4 is 6.03 Å². The van der Waals surface area contributed by atoms with Gasteiger partial charge in [-0.2, -0.15) is 0 Å². The number of aliphatic hydroxyl groups excluding tert-OH is 1. The normalized spacial score (nSPS) is 19.6. The summed E-state index contributed by atoms with van der Waals surface area (Å²) in [5.41, 5.74) is 0.852. The van der Waals surface area contributed by atoms with E-state index in [2.05, 4.69) is 5.32 Å². The van der Waals surface area contributed by atoms with Gasteiger partial charge in [0.2, 0.25) is 0 Å². The average molecular weight is 294 g/mol. The molecule has 1 aromatic rings. The van der Waals surface area contributed by atoms with E-state index >= 15 is 0 Å². The Bertz CT molecular complexity index is 481. The van der Waals surface area contributed by atoms with E-state index in [0.717, 1.165) is 24.8 Å². The van der Waals surface area contributed by atoms with Crippen LogP contribution in [0, 0.1) is 5.82 Å². The molecule has 0 aromatic heterocycles. The predicted octanol–water partition coefficient (Wildman–Crippen LogP) is 2.83. The largest absolute Gasteiger partial charge is 0.396 e. The fraction of sp³-hybridized carbons (Fsp3) is 0.562. The maximum atomic E-state index is 13.4. The Kier molecular flexibility index (Phi) is 5.56. The van der Waals surface area contributed by atoms with Gasteiger partial charge in [-0.15, -0.1) is 0 Å². The van der Waals surface area contributed by atoms with E-state index in [1.54, 1.807) is 11.0 Å². The first-order chi connectivity index (χ1) is 10.1. The molecule has 0 spiro atoms. The molecule has 1 aliphatic heterocycles. The second-order valence-electron chi connectivity index (χ2n) is 5.62. The van der Waals surface area contributed by atoms with Crippen LogP contribution in [0.15, 0.2) is 24.3 Å². The summed E-state index contributed by atoms with van der Waals surface area (Å²) in [5.74, 6) is -0.268. The minimum Gasteiger partial charge on any atom is -0.396 e. The van der Waals surface area contributed by atoms with Crippen molar-refractivity contribution in [2.24, 2.45) is 0 Å². The highest BCUT2D eigenvalue weighted by Crippen LogP contribution is 2.32. The monoisotopic (exact) mass is 294 g/mol. The fourth-order valence-electron chi connectivity index (χ4n) is 2.83. The SMILES string of the molecule is CC(CCCO)NC(=O)N1CCCC1c1cccc(F)c1. The van der Waals surface area contributed by atoms with Gasteiger partial charge in [0.05, 0.1) is 6.04 Å². The molecule has 1 aromatic carbocycles. The van der Waals surface area contributed by atoms with Gasteiger partial charge in [-0.25, -0.2) is 9.18 Å². The zero-order valence-corrected chi connectivity index (χ0v) is 12.4. The van der Waals surface area contributed by atoms with Gasteiger partial charge < -0.3 is 15.3 Å². The molecule has 5 heteroatoms. The third-order valence-corrected chi connectivity index (χ3v) is 3.91. The highest BCUT2D eigenvalue weighted by atomic mass is 19.1.